The van der Waals surface area contributed by atoms with E-state index in [2.05, 4.69) is 26.1 Å². The van der Waals surface area contributed by atoms with Gasteiger partial charge in [-0.25, -0.2) is 4.39 Å². The molecule has 0 bridgehead atoms. The summed E-state index contributed by atoms with van der Waals surface area (Å²) in [5, 5.41) is 2.95. The highest BCUT2D eigenvalue weighted by Gasteiger charge is 2.36. The van der Waals surface area contributed by atoms with Crippen LogP contribution in [0, 0.1) is 11.7 Å². The van der Waals surface area contributed by atoms with E-state index in [0.29, 0.717) is 0 Å². The van der Waals surface area contributed by atoms with E-state index in [-0.39, 0.29) is 35.9 Å². The molecule has 1 aliphatic heterocycles. The monoisotopic (exact) mass is 354 g/mol. The maximum atomic E-state index is 14.0. The first-order valence-corrected chi connectivity index (χ1v) is 8.72. The number of nitrogens with one attached hydrogen (secondary N) is 1. The maximum Gasteiger partial charge on any atom is 0.229 e. The van der Waals surface area contributed by atoms with Gasteiger partial charge in [-0.15, -0.1) is 0 Å². The Bertz CT molecular complexity index is 842. The third kappa shape index (κ3) is 3.62. The number of rotatable bonds is 3. The molecule has 2 aromatic carbocycles. The molecule has 1 unspecified atom stereocenters. The second-order valence-electron chi connectivity index (χ2n) is 7.64. The van der Waals surface area contributed by atoms with Gasteiger partial charge < -0.3 is 10.2 Å². The van der Waals surface area contributed by atoms with Gasteiger partial charge in [-0.05, 0) is 29.2 Å². The first-order valence-electron chi connectivity index (χ1n) is 8.72. The van der Waals surface area contributed by atoms with E-state index in [0.717, 1.165) is 11.3 Å². The predicted molar refractivity (Wildman–Crippen MR) is 101 cm³/mol. The van der Waals surface area contributed by atoms with Crippen LogP contribution in [-0.4, -0.2) is 18.4 Å². The zero-order valence-corrected chi connectivity index (χ0v) is 15.3. The molecule has 2 amide bonds. The molecular weight excluding hydrogens is 331 g/mol. The van der Waals surface area contributed by atoms with Crippen molar-refractivity contribution in [1.29, 1.82) is 0 Å². The van der Waals surface area contributed by atoms with Crippen molar-refractivity contribution < 1.29 is 14.0 Å². The molecule has 0 spiro atoms. The van der Waals surface area contributed by atoms with Gasteiger partial charge in [0.2, 0.25) is 11.8 Å². The summed E-state index contributed by atoms with van der Waals surface area (Å²) in [6, 6.07) is 13.8. The molecule has 1 N–H and O–H groups in total. The van der Waals surface area contributed by atoms with Crippen LogP contribution in [0.2, 0.25) is 0 Å². The Morgan fingerprint density at radius 2 is 1.77 bits per heavy atom. The van der Waals surface area contributed by atoms with Crippen LogP contribution in [0.4, 0.5) is 15.8 Å². The number of halogens is 1. The Morgan fingerprint density at radius 3 is 2.46 bits per heavy atom. The standard InChI is InChI=1S/C21H23FN2O2/c1-21(2,3)15-8-4-6-10-17(15)23-20(26)14-12-19(25)24(13-14)18-11-7-5-9-16(18)22/h4-11,14H,12-13H2,1-3H3,(H,23,26). The van der Waals surface area contributed by atoms with Crippen molar-refractivity contribution in [2.24, 2.45) is 5.92 Å². The van der Waals surface area contributed by atoms with Gasteiger partial charge in [-0.2, -0.15) is 0 Å². The van der Waals surface area contributed by atoms with E-state index in [4.69, 9.17) is 0 Å². The summed E-state index contributed by atoms with van der Waals surface area (Å²) in [6.45, 7) is 6.42. The average Bonchev–Trinajstić information content (AvgIpc) is 2.97. The highest BCUT2D eigenvalue weighted by molar-refractivity contribution is 6.03. The summed E-state index contributed by atoms with van der Waals surface area (Å²) in [7, 11) is 0. The Morgan fingerprint density at radius 1 is 1.12 bits per heavy atom. The average molecular weight is 354 g/mol. The van der Waals surface area contributed by atoms with E-state index in [1.54, 1.807) is 18.2 Å². The highest BCUT2D eigenvalue weighted by atomic mass is 19.1. The van der Waals surface area contributed by atoms with Crippen molar-refractivity contribution in [3.05, 3.63) is 59.9 Å². The molecule has 26 heavy (non-hydrogen) atoms. The predicted octanol–water partition coefficient (Wildman–Crippen LogP) is 4.11. The molecule has 1 aliphatic rings. The van der Waals surface area contributed by atoms with Crippen molar-refractivity contribution in [2.45, 2.75) is 32.6 Å². The number of para-hydroxylation sites is 2. The molecule has 1 fully saturated rings. The molecule has 136 valence electrons. The van der Waals surface area contributed by atoms with Gasteiger partial charge in [0.15, 0.2) is 0 Å². The lowest BCUT2D eigenvalue weighted by molar-refractivity contribution is -0.122. The van der Waals surface area contributed by atoms with Crippen LogP contribution in [0.1, 0.15) is 32.8 Å². The van der Waals surface area contributed by atoms with Crippen LogP contribution in [0.15, 0.2) is 48.5 Å². The minimum absolute atomic E-state index is 0.0812. The molecule has 3 rings (SSSR count). The number of benzene rings is 2. The summed E-state index contributed by atoms with van der Waals surface area (Å²) >= 11 is 0. The van der Waals surface area contributed by atoms with Gasteiger partial charge in [-0.3, -0.25) is 9.59 Å². The minimum Gasteiger partial charge on any atom is -0.326 e. The van der Waals surface area contributed by atoms with Crippen LogP contribution < -0.4 is 10.2 Å². The summed E-state index contributed by atoms with van der Waals surface area (Å²) in [6.07, 6.45) is 0.0812. The number of carbonyl (C=O) groups is 2. The quantitative estimate of drug-likeness (QED) is 0.902. The summed E-state index contributed by atoms with van der Waals surface area (Å²) < 4.78 is 14.0. The Labute approximate surface area is 153 Å². The zero-order chi connectivity index (χ0) is 18.9. The zero-order valence-electron chi connectivity index (χ0n) is 15.3. The number of anilines is 2. The van der Waals surface area contributed by atoms with E-state index in [1.807, 2.05) is 24.3 Å². The van der Waals surface area contributed by atoms with Crippen LogP contribution in [-0.2, 0) is 15.0 Å². The lowest BCUT2D eigenvalue weighted by atomic mass is 9.85. The molecule has 1 atom stereocenters. The molecule has 1 heterocycles. The van der Waals surface area contributed by atoms with Gasteiger partial charge in [-0.1, -0.05) is 51.1 Å². The first kappa shape index (κ1) is 18.1. The smallest absolute Gasteiger partial charge is 0.229 e. The fourth-order valence-corrected chi connectivity index (χ4v) is 3.27. The second-order valence-corrected chi connectivity index (χ2v) is 7.64. The lowest BCUT2D eigenvalue weighted by Crippen LogP contribution is -2.29. The normalized spacial score (nSPS) is 17.5. The van der Waals surface area contributed by atoms with Crippen molar-refractivity contribution in [3.63, 3.8) is 0 Å². The molecule has 1 saturated heterocycles. The van der Waals surface area contributed by atoms with Gasteiger partial charge in [0.05, 0.1) is 11.6 Å². The molecule has 0 aliphatic carbocycles. The number of carbonyl (C=O) groups excluding carboxylic acids is 2. The third-order valence-electron chi connectivity index (χ3n) is 4.63. The second kappa shape index (κ2) is 6.90. The third-order valence-corrected chi connectivity index (χ3v) is 4.63. The fourth-order valence-electron chi connectivity index (χ4n) is 3.27. The minimum atomic E-state index is -0.505. The first-order chi connectivity index (χ1) is 12.3. The number of amides is 2. The van der Waals surface area contributed by atoms with Gasteiger partial charge in [0.1, 0.15) is 5.82 Å². The van der Waals surface area contributed by atoms with Crippen molar-refractivity contribution in [1.82, 2.24) is 0 Å². The van der Waals surface area contributed by atoms with Crippen molar-refractivity contribution in [2.75, 3.05) is 16.8 Å². The van der Waals surface area contributed by atoms with Gasteiger partial charge >= 0.3 is 0 Å². The Kier molecular flexibility index (Phi) is 4.81. The summed E-state index contributed by atoms with van der Waals surface area (Å²) in [5.74, 6) is -1.41. The van der Waals surface area contributed by atoms with E-state index < -0.39 is 11.7 Å². The molecule has 4 nitrogen and oxygen atoms in total. The topological polar surface area (TPSA) is 49.4 Å². The van der Waals surface area contributed by atoms with Gasteiger partial charge in [0, 0.05) is 18.7 Å². The molecular formula is C21H23FN2O2. The number of hydrogen-bond donors (Lipinski definition) is 1. The largest absolute Gasteiger partial charge is 0.326 e. The Hall–Kier alpha value is -2.69. The summed E-state index contributed by atoms with van der Waals surface area (Å²) in [5.41, 5.74) is 1.89. The van der Waals surface area contributed by atoms with E-state index >= 15 is 0 Å². The maximum absolute atomic E-state index is 14.0. The lowest BCUT2D eigenvalue weighted by Gasteiger charge is -2.23. The Balaban J connectivity index is 1.77. The van der Waals surface area contributed by atoms with E-state index in [1.165, 1.54) is 11.0 Å². The van der Waals surface area contributed by atoms with Crippen LogP contribution in [0.25, 0.3) is 0 Å². The van der Waals surface area contributed by atoms with Crippen LogP contribution in [0.5, 0.6) is 0 Å². The molecule has 0 saturated carbocycles. The van der Waals surface area contributed by atoms with Crippen LogP contribution >= 0.6 is 0 Å². The molecule has 5 heteroatoms. The molecule has 2 aromatic rings. The van der Waals surface area contributed by atoms with Crippen molar-refractivity contribution in [3.8, 4) is 0 Å². The van der Waals surface area contributed by atoms with E-state index in [9.17, 15) is 14.0 Å². The SMILES string of the molecule is CC(C)(C)c1ccccc1NC(=O)C1CC(=O)N(c2ccccc2F)C1. The fraction of sp³-hybridized carbons (Fsp3) is 0.333. The molecule has 0 radical (unpaired) electrons. The number of hydrogen-bond acceptors (Lipinski definition) is 2. The summed E-state index contributed by atoms with van der Waals surface area (Å²) in [4.78, 5) is 26.4. The number of nitrogens with zero attached hydrogens (tertiary/aromatic N) is 1. The molecule has 0 aromatic heterocycles. The van der Waals surface area contributed by atoms with Gasteiger partial charge in [0.25, 0.3) is 0 Å². The van der Waals surface area contributed by atoms with Crippen molar-refractivity contribution >= 4 is 23.2 Å². The highest BCUT2D eigenvalue weighted by Crippen LogP contribution is 2.31. The van der Waals surface area contributed by atoms with Crippen LogP contribution in [0.3, 0.4) is 0 Å².